The molecule has 1 saturated heterocycles. The Labute approximate surface area is 136 Å². The lowest BCUT2D eigenvalue weighted by atomic mass is 10.1. The van der Waals surface area contributed by atoms with Gasteiger partial charge in [0.25, 0.3) is 5.91 Å². The van der Waals surface area contributed by atoms with Crippen LogP contribution in [0, 0.1) is 0 Å². The second-order valence-corrected chi connectivity index (χ2v) is 5.91. The van der Waals surface area contributed by atoms with Crippen LogP contribution in [0.1, 0.15) is 41.0 Å². The van der Waals surface area contributed by atoms with Gasteiger partial charge in [-0.3, -0.25) is 9.48 Å². The molecule has 0 saturated carbocycles. The topological polar surface area (TPSA) is 85.0 Å². The Kier molecular flexibility index (Phi) is 5.05. The average Bonchev–Trinajstić information content (AvgIpc) is 3.11. The molecule has 6 heteroatoms. The van der Waals surface area contributed by atoms with Crippen molar-refractivity contribution < 1.29 is 4.79 Å². The third kappa shape index (κ3) is 3.97. The molecule has 0 radical (unpaired) electrons. The number of nitrogens with zero attached hydrogens (tertiary/aromatic N) is 2. The maximum Gasteiger partial charge on any atom is 0.271 e. The van der Waals surface area contributed by atoms with Crippen LogP contribution in [-0.4, -0.2) is 35.3 Å². The molecule has 0 aliphatic carbocycles. The summed E-state index contributed by atoms with van der Waals surface area (Å²) in [4.78, 5) is 12.2. The van der Waals surface area contributed by atoms with E-state index in [0.29, 0.717) is 18.3 Å². The highest BCUT2D eigenvalue weighted by Gasteiger charge is 2.18. The second-order valence-electron chi connectivity index (χ2n) is 5.91. The summed E-state index contributed by atoms with van der Waals surface area (Å²) in [6.07, 6.45) is 4.11. The third-order valence-electron chi connectivity index (χ3n) is 4.20. The Morgan fingerprint density at radius 2 is 2.22 bits per heavy atom. The molecule has 1 fully saturated rings. The SMILES string of the molecule is NC(CNC(=O)c1ccn(C2CCCNC2)n1)c1ccccc1. The Morgan fingerprint density at radius 3 is 2.96 bits per heavy atom. The summed E-state index contributed by atoms with van der Waals surface area (Å²) < 4.78 is 1.89. The van der Waals surface area contributed by atoms with E-state index >= 15 is 0 Å². The molecule has 4 N–H and O–H groups in total. The number of aromatic nitrogens is 2. The Hall–Kier alpha value is -2.18. The maximum absolute atomic E-state index is 12.2. The van der Waals surface area contributed by atoms with E-state index in [1.807, 2.05) is 41.2 Å². The van der Waals surface area contributed by atoms with Crippen molar-refractivity contribution in [2.45, 2.75) is 24.9 Å². The summed E-state index contributed by atoms with van der Waals surface area (Å²) in [5.41, 5.74) is 7.54. The summed E-state index contributed by atoms with van der Waals surface area (Å²) in [6, 6.07) is 11.6. The molecule has 23 heavy (non-hydrogen) atoms. The van der Waals surface area contributed by atoms with E-state index in [1.165, 1.54) is 0 Å². The van der Waals surface area contributed by atoms with Crippen LogP contribution in [0.2, 0.25) is 0 Å². The minimum atomic E-state index is -0.218. The van der Waals surface area contributed by atoms with E-state index in [9.17, 15) is 4.79 Å². The molecule has 6 nitrogen and oxygen atoms in total. The van der Waals surface area contributed by atoms with E-state index in [-0.39, 0.29) is 11.9 Å². The molecule has 1 aromatic carbocycles. The van der Waals surface area contributed by atoms with Gasteiger partial charge in [-0.2, -0.15) is 5.10 Å². The van der Waals surface area contributed by atoms with Crippen LogP contribution in [0.3, 0.4) is 0 Å². The van der Waals surface area contributed by atoms with Gasteiger partial charge in [0.2, 0.25) is 0 Å². The number of amides is 1. The molecule has 2 heterocycles. The average molecular weight is 313 g/mol. The van der Waals surface area contributed by atoms with Crippen molar-refractivity contribution in [3.8, 4) is 0 Å². The Morgan fingerprint density at radius 1 is 1.39 bits per heavy atom. The number of hydrogen-bond acceptors (Lipinski definition) is 4. The molecule has 2 atom stereocenters. The number of benzene rings is 1. The first kappa shape index (κ1) is 15.7. The molecule has 3 rings (SSSR count). The zero-order valence-electron chi connectivity index (χ0n) is 13.1. The molecule has 0 spiro atoms. The van der Waals surface area contributed by atoms with Crippen molar-refractivity contribution in [3.05, 3.63) is 53.9 Å². The van der Waals surface area contributed by atoms with Crippen molar-refractivity contribution in [1.82, 2.24) is 20.4 Å². The fourth-order valence-corrected chi connectivity index (χ4v) is 2.83. The van der Waals surface area contributed by atoms with E-state index in [0.717, 1.165) is 31.5 Å². The standard InChI is InChI=1S/C17H23N5O/c18-15(13-5-2-1-3-6-13)12-20-17(23)16-8-10-22(21-16)14-7-4-9-19-11-14/h1-3,5-6,8,10,14-15,19H,4,7,9,11-12,18H2,(H,20,23). The molecule has 1 aliphatic heterocycles. The first-order valence-corrected chi connectivity index (χ1v) is 8.08. The minimum absolute atomic E-state index is 0.182. The lowest BCUT2D eigenvalue weighted by Crippen LogP contribution is -2.33. The van der Waals surface area contributed by atoms with Crippen LogP contribution >= 0.6 is 0 Å². The zero-order valence-corrected chi connectivity index (χ0v) is 13.1. The summed E-state index contributed by atoms with van der Waals surface area (Å²) in [5.74, 6) is -0.182. The first-order chi connectivity index (χ1) is 11.2. The van der Waals surface area contributed by atoms with Crippen LogP contribution < -0.4 is 16.4 Å². The summed E-state index contributed by atoms with van der Waals surface area (Å²) in [5, 5.41) is 10.6. The van der Waals surface area contributed by atoms with Crippen molar-refractivity contribution in [2.75, 3.05) is 19.6 Å². The monoisotopic (exact) mass is 313 g/mol. The van der Waals surface area contributed by atoms with Crippen LogP contribution in [0.15, 0.2) is 42.6 Å². The highest BCUT2D eigenvalue weighted by atomic mass is 16.1. The van der Waals surface area contributed by atoms with Crippen molar-refractivity contribution >= 4 is 5.91 Å². The Balaban J connectivity index is 1.55. The fourth-order valence-electron chi connectivity index (χ4n) is 2.83. The second kappa shape index (κ2) is 7.39. The summed E-state index contributed by atoms with van der Waals surface area (Å²) >= 11 is 0. The third-order valence-corrected chi connectivity index (χ3v) is 4.20. The van der Waals surface area contributed by atoms with Gasteiger partial charge in [-0.1, -0.05) is 30.3 Å². The van der Waals surface area contributed by atoms with Gasteiger partial charge in [-0.15, -0.1) is 0 Å². The number of nitrogens with one attached hydrogen (secondary N) is 2. The van der Waals surface area contributed by atoms with Crippen LogP contribution in [-0.2, 0) is 0 Å². The molecule has 1 amide bonds. The number of piperidine rings is 1. The minimum Gasteiger partial charge on any atom is -0.349 e. The predicted molar refractivity (Wildman–Crippen MR) is 89.1 cm³/mol. The number of carbonyl (C=O) groups excluding carboxylic acids is 1. The maximum atomic E-state index is 12.2. The molecule has 2 aromatic rings. The molecule has 0 bridgehead atoms. The lowest BCUT2D eigenvalue weighted by molar-refractivity contribution is 0.0945. The molecule has 2 unspecified atom stereocenters. The van der Waals surface area contributed by atoms with Gasteiger partial charge in [0.1, 0.15) is 5.69 Å². The first-order valence-electron chi connectivity index (χ1n) is 8.08. The molecule has 1 aromatic heterocycles. The number of nitrogens with two attached hydrogens (primary N) is 1. The normalized spacial score (nSPS) is 19.3. The van der Waals surface area contributed by atoms with Crippen LogP contribution in [0.25, 0.3) is 0 Å². The van der Waals surface area contributed by atoms with E-state index in [2.05, 4.69) is 15.7 Å². The van der Waals surface area contributed by atoms with E-state index in [1.54, 1.807) is 6.07 Å². The summed E-state index contributed by atoms with van der Waals surface area (Å²) in [6.45, 7) is 2.35. The molecule has 122 valence electrons. The van der Waals surface area contributed by atoms with Gasteiger partial charge in [0.05, 0.1) is 6.04 Å². The van der Waals surface area contributed by atoms with Gasteiger partial charge in [0, 0.05) is 25.3 Å². The van der Waals surface area contributed by atoms with Gasteiger partial charge < -0.3 is 16.4 Å². The molecular formula is C17H23N5O. The highest BCUT2D eigenvalue weighted by Crippen LogP contribution is 2.15. The van der Waals surface area contributed by atoms with Gasteiger partial charge >= 0.3 is 0 Å². The van der Waals surface area contributed by atoms with Crippen molar-refractivity contribution in [1.29, 1.82) is 0 Å². The highest BCUT2D eigenvalue weighted by molar-refractivity contribution is 5.92. The van der Waals surface area contributed by atoms with Gasteiger partial charge in [-0.05, 0) is 31.0 Å². The van der Waals surface area contributed by atoms with Crippen molar-refractivity contribution in [2.24, 2.45) is 5.73 Å². The Bertz CT molecular complexity index is 633. The fraction of sp³-hybridized carbons (Fsp3) is 0.412. The molecule has 1 aliphatic rings. The van der Waals surface area contributed by atoms with Gasteiger partial charge in [-0.25, -0.2) is 0 Å². The number of carbonyl (C=O) groups is 1. The smallest absolute Gasteiger partial charge is 0.271 e. The number of hydrogen-bond donors (Lipinski definition) is 3. The van der Waals surface area contributed by atoms with E-state index < -0.39 is 0 Å². The van der Waals surface area contributed by atoms with Crippen molar-refractivity contribution in [3.63, 3.8) is 0 Å². The van der Waals surface area contributed by atoms with Gasteiger partial charge in [0.15, 0.2) is 0 Å². The number of rotatable bonds is 5. The largest absolute Gasteiger partial charge is 0.349 e. The molecular weight excluding hydrogens is 290 g/mol. The van der Waals surface area contributed by atoms with Crippen LogP contribution in [0.5, 0.6) is 0 Å². The predicted octanol–water partition coefficient (Wildman–Crippen LogP) is 1.24. The summed E-state index contributed by atoms with van der Waals surface area (Å²) in [7, 11) is 0. The quantitative estimate of drug-likeness (QED) is 0.775. The lowest BCUT2D eigenvalue weighted by Gasteiger charge is -2.22. The van der Waals surface area contributed by atoms with E-state index in [4.69, 9.17) is 5.73 Å². The van der Waals surface area contributed by atoms with Crippen LogP contribution in [0.4, 0.5) is 0 Å². The zero-order chi connectivity index (χ0) is 16.1.